The van der Waals surface area contributed by atoms with Crippen molar-refractivity contribution < 1.29 is 9.53 Å². The van der Waals surface area contributed by atoms with Gasteiger partial charge < -0.3 is 4.74 Å². The predicted molar refractivity (Wildman–Crippen MR) is 91.4 cm³/mol. The van der Waals surface area contributed by atoms with E-state index in [9.17, 15) is 4.79 Å². The van der Waals surface area contributed by atoms with E-state index in [1.807, 2.05) is 38.1 Å². The van der Waals surface area contributed by atoms with Crippen LogP contribution in [0.5, 0.6) is 5.75 Å². The van der Waals surface area contributed by atoms with Crippen LogP contribution in [0, 0.1) is 13.8 Å². The van der Waals surface area contributed by atoms with Gasteiger partial charge in [0.15, 0.2) is 0 Å². The van der Waals surface area contributed by atoms with Gasteiger partial charge in [0.2, 0.25) is 5.13 Å². The summed E-state index contributed by atoms with van der Waals surface area (Å²) in [5.41, 5.74) is 1.64. The fraction of sp³-hybridized carbons (Fsp3) is 0.200. The third-order valence-corrected chi connectivity index (χ3v) is 5.05. The van der Waals surface area contributed by atoms with E-state index in [-0.39, 0.29) is 5.91 Å². The summed E-state index contributed by atoms with van der Waals surface area (Å²) < 4.78 is 5.15. The third-order valence-electron chi connectivity index (χ3n) is 3.09. The molecular formula is C15H14N4O2S2. The van der Waals surface area contributed by atoms with Gasteiger partial charge in [-0.05, 0) is 38.1 Å². The smallest absolute Gasteiger partial charge is 0.269 e. The maximum absolute atomic E-state index is 12.4. The van der Waals surface area contributed by atoms with Gasteiger partial charge >= 0.3 is 0 Å². The second-order valence-corrected chi connectivity index (χ2v) is 6.92. The molecule has 1 amide bonds. The van der Waals surface area contributed by atoms with Crippen LogP contribution in [0.25, 0.3) is 10.6 Å². The number of aromatic nitrogens is 3. The number of nitrogens with zero attached hydrogens (tertiary/aromatic N) is 3. The Kier molecular flexibility index (Phi) is 4.35. The minimum Gasteiger partial charge on any atom is -0.497 e. The van der Waals surface area contributed by atoms with Crippen LogP contribution < -0.4 is 10.1 Å². The van der Waals surface area contributed by atoms with E-state index in [0.29, 0.717) is 15.7 Å². The number of nitrogens with one attached hydrogen (secondary N) is 1. The molecule has 0 saturated heterocycles. The second kappa shape index (κ2) is 6.43. The summed E-state index contributed by atoms with van der Waals surface area (Å²) >= 11 is 2.69. The summed E-state index contributed by atoms with van der Waals surface area (Å²) in [4.78, 5) is 17.4. The zero-order chi connectivity index (χ0) is 16.4. The van der Waals surface area contributed by atoms with Crippen molar-refractivity contribution in [3.05, 3.63) is 39.8 Å². The Balaban J connectivity index is 1.83. The Morgan fingerprint density at radius 3 is 2.48 bits per heavy atom. The molecule has 2 heterocycles. The Bertz CT molecular complexity index is 840. The van der Waals surface area contributed by atoms with Crippen LogP contribution >= 0.6 is 22.7 Å². The molecule has 0 spiro atoms. The number of ether oxygens (including phenoxy) is 1. The molecule has 0 saturated carbocycles. The lowest BCUT2D eigenvalue weighted by Crippen LogP contribution is -2.11. The van der Waals surface area contributed by atoms with Crippen LogP contribution in [0.1, 0.15) is 20.4 Å². The average molecular weight is 346 g/mol. The fourth-order valence-electron chi connectivity index (χ4n) is 1.97. The number of thiazole rings is 1. The summed E-state index contributed by atoms with van der Waals surface area (Å²) in [6.45, 7) is 3.66. The SMILES string of the molecule is COc1ccc(-c2nc(C)c(C(=O)Nc3nnc(C)s3)s2)cc1. The molecule has 0 unspecified atom stereocenters. The highest BCUT2D eigenvalue weighted by Crippen LogP contribution is 2.29. The van der Waals surface area contributed by atoms with Crippen LogP contribution in [0.4, 0.5) is 5.13 Å². The van der Waals surface area contributed by atoms with E-state index in [4.69, 9.17) is 4.74 Å². The quantitative estimate of drug-likeness (QED) is 0.782. The van der Waals surface area contributed by atoms with E-state index in [2.05, 4.69) is 20.5 Å². The topological polar surface area (TPSA) is 77.0 Å². The van der Waals surface area contributed by atoms with E-state index >= 15 is 0 Å². The number of hydrogen-bond acceptors (Lipinski definition) is 7. The van der Waals surface area contributed by atoms with Gasteiger partial charge in [0.25, 0.3) is 5.91 Å². The number of hydrogen-bond donors (Lipinski definition) is 1. The highest BCUT2D eigenvalue weighted by Gasteiger charge is 2.17. The lowest BCUT2D eigenvalue weighted by Gasteiger charge is -2.00. The van der Waals surface area contributed by atoms with Crippen LogP contribution in [0.15, 0.2) is 24.3 Å². The van der Waals surface area contributed by atoms with Crippen molar-refractivity contribution >= 4 is 33.7 Å². The number of amides is 1. The van der Waals surface area contributed by atoms with Crippen LogP contribution in [0.2, 0.25) is 0 Å². The largest absolute Gasteiger partial charge is 0.497 e. The first-order valence-corrected chi connectivity index (χ1v) is 8.43. The van der Waals surface area contributed by atoms with Gasteiger partial charge in [-0.3, -0.25) is 10.1 Å². The van der Waals surface area contributed by atoms with Crippen molar-refractivity contribution in [3.63, 3.8) is 0 Å². The van der Waals surface area contributed by atoms with E-state index in [1.54, 1.807) is 7.11 Å². The zero-order valence-corrected chi connectivity index (χ0v) is 14.4. The average Bonchev–Trinajstić information content (AvgIpc) is 3.13. The second-order valence-electron chi connectivity index (χ2n) is 4.74. The van der Waals surface area contributed by atoms with Crippen molar-refractivity contribution in [3.8, 4) is 16.3 Å². The maximum Gasteiger partial charge on any atom is 0.269 e. The van der Waals surface area contributed by atoms with Gasteiger partial charge in [-0.1, -0.05) is 11.3 Å². The van der Waals surface area contributed by atoms with E-state index in [0.717, 1.165) is 21.3 Å². The summed E-state index contributed by atoms with van der Waals surface area (Å²) in [6.07, 6.45) is 0. The van der Waals surface area contributed by atoms with Crippen LogP contribution in [0.3, 0.4) is 0 Å². The molecule has 0 fully saturated rings. The molecule has 3 aromatic rings. The summed E-state index contributed by atoms with van der Waals surface area (Å²) in [6, 6.07) is 7.59. The monoisotopic (exact) mass is 346 g/mol. The van der Waals surface area contributed by atoms with Crippen molar-refractivity contribution in [2.45, 2.75) is 13.8 Å². The Hall–Kier alpha value is -2.32. The number of aryl methyl sites for hydroxylation is 2. The number of rotatable bonds is 4. The molecule has 0 radical (unpaired) electrons. The summed E-state index contributed by atoms with van der Waals surface area (Å²) in [7, 11) is 1.63. The van der Waals surface area contributed by atoms with Crippen molar-refractivity contribution in [1.29, 1.82) is 0 Å². The minimum absolute atomic E-state index is 0.212. The molecule has 8 heteroatoms. The molecule has 0 aliphatic heterocycles. The molecule has 0 atom stereocenters. The van der Waals surface area contributed by atoms with Gasteiger partial charge in [-0.2, -0.15) is 0 Å². The van der Waals surface area contributed by atoms with Gasteiger partial charge in [0.1, 0.15) is 20.6 Å². The summed E-state index contributed by atoms with van der Waals surface area (Å²) in [5, 5.41) is 12.6. The molecule has 0 bridgehead atoms. The Labute approximate surface area is 141 Å². The molecule has 6 nitrogen and oxygen atoms in total. The molecular weight excluding hydrogens is 332 g/mol. The molecule has 1 aromatic carbocycles. The molecule has 3 rings (SSSR count). The first-order valence-electron chi connectivity index (χ1n) is 6.80. The Morgan fingerprint density at radius 1 is 1.13 bits per heavy atom. The lowest BCUT2D eigenvalue weighted by atomic mass is 10.2. The zero-order valence-electron chi connectivity index (χ0n) is 12.8. The minimum atomic E-state index is -0.212. The predicted octanol–water partition coefficient (Wildman–Crippen LogP) is 3.54. The van der Waals surface area contributed by atoms with Crippen LogP contribution in [-0.2, 0) is 0 Å². The number of anilines is 1. The molecule has 0 aliphatic rings. The standard InChI is InChI=1S/C15H14N4O2S2/c1-8-12(13(20)17-15-19-18-9(2)22-15)23-14(16-8)10-4-6-11(21-3)7-5-10/h4-7H,1-3H3,(H,17,19,20). The summed E-state index contributed by atoms with van der Waals surface area (Å²) in [5.74, 6) is 0.572. The number of carbonyl (C=O) groups is 1. The number of benzene rings is 1. The Morgan fingerprint density at radius 2 is 1.87 bits per heavy atom. The molecule has 2 aromatic heterocycles. The third kappa shape index (κ3) is 3.38. The molecule has 23 heavy (non-hydrogen) atoms. The first-order chi connectivity index (χ1) is 11.1. The van der Waals surface area contributed by atoms with Gasteiger partial charge in [-0.25, -0.2) is 4.98 Å². The molecule has 1 N–H and O–H groups in total. The maximum atomic E-state index is 12.4. The van der Waals surface area contributed by atoms with Crippen molar-refractivity contribution in [2.24, 2.45) is 0 Å². The normalized spacial score (nSPS) is 10.6. The van der Waals surface area contributed by atoms with Crippen molar-refractivity contribution in [1.82, 2.24) is 15.2 Å². The van der Waals surface area contributed by atoms with Gasteiger partial charge in [0, 0.05) is 5.56 Å². The van der Waals surface area contributed by atoms with E-state index in [1.165, 1.54) is 22.7 Å². The highest BCUT2D eigenvalue weighted by molar-refractivity contribution is 7.17. The number of methoxy groups -OCH3 is 1. The van der Waals surface area contributed by atoms with Crippen LogP contribution in [-0.4, -0.2) is 28.2 Å². The first kappa shape index (κ1) is 15.6. The lowest BCUT2D eigenvalue weighted by molar-refractivity contribution is 0.102. The van der Waals surface area contributed by atoms with Gasteiger partial charge in [-0.15, -0.1) is 21.5 Å². The van der Waals surface area contributed by atoms with Gasteiger partial charge in [0.05, 0.1) is 12.8 Å². The molecule has 118 valence electrons. The van der Waals surface area contributed by atoms with E-state index < -0.39 is 0 Å². The fourth-order valence-corrected chi connectivity index (χ4v) is 3.52. The highest BCUT2D eigenvalue weighted by atomic mass is 32.1. The van der Waals surface area contributed by atoms with Crippen molar-refractivity contribution in [2.75, 3.05) is 12.4 Å². The number of carbonyl (C=O) groups excluding carboxylic acids is 1. The molecule has 0 aliphatic carbocycles.